The van der Waals surface area contributed by atoms with Crippen LogP contribution in [0.3, 0.4) is 0 Å². The summed E-state index contributed by atoms with van der Waals surface area (Å²) in [4.78, 5) is 21.6. The van der Waals surface area contributed by atoms with Crippen LogP contribution >= 0.6 is 0 Å². The van der Waals surface area contributed by atoms with Crippen LogP contribution in [0, 0.1) is 17.6 Å². The first-order chi connectivity index (χ1) is 18.4. The van der Waals surface area contributed by atoms with Gasteiger partial charge < -0.3 is 25.3 Å². The molecule has 2 aliphatic rings. The van der Waals surface area contributed by atoms with Gasteiger partial charge in [-0.3, -0.25) is 9.78 Å². The third kappa shape index (κ3) is 5.11. The number of methoxy groups -OCH3 is 2. The molecule has 1 saturated carbocycles. The van der Waals surface area contributed by atoms with E-state index in [-0.39, 0.29) is 47.5 Å². The molecule has 5 rings (SSSR count). The Hall–Kier alpha value is -3.47. The first kappa shape index (κ1) is 26.1. The predicted molar refractivity (Wildman–Crippen MR) is 137 cm³/mol. The van der Waals surface area contributed by atoms with E-state index in [0.717, 1.165) is 11.6 Å². The summed E-state index contributed by atoms with van der Waals surface area (Å²) in [5.41, 5.74) is 8.22. The molecule has 1 aliphatic carbocycles. The van der Waals surface area contributed by atoms with Crippen molar-refractivity contribution < 1.29 is 27.8 Å². The lowest BCUT2D eigenvalue weighted by Crippen LogP contribution is -2.47. The van der Waals surface area contributed by atoms with E-state index in [2.05, 4.69) is 15.3 Å². The van der Waals surface area contributed by atoms with E-state index in [1.165, 1.54) is 12.1 Å². The predicted octanol–water partition coefficient (Wildman–Crippen LogP) is 4.09. The Morgan fingerprint density at radius 1 is 1.11 bits per heavy atom. The van der Waals surface area contributed by atoms with Crippen molar-refractivity contribution in [1.82, 2.24) is 9.97 Å². The van der Waals surface area contributed by atoms with Crippen LogP contribution in [-0.4, -0.2) is 55.5 Å². The van der Waals surface area contributed by atoms with Gasteiger partial charge in [0.15, 0.2) is 0 Å². The van der Waals surface area contributed by atoms with Crippen molar-refractivity contribution in [2.45, 2.75) is 37.3 Å². The fourth-order valence-corrected chi connectivity index (χ4v) is 5.70. The van der Waals surface area contributed by atoms with Crippen molar-refractivity contribution in [3.63, 3.8) is 0 Å². The van der Waals surface area contributed by atoms with Crippen molar-refractivity contribution in [3.05, 3.63) is 71.2 Å². The number of nitrogens with zero attached hydrogens (tertiary/aromatic N) is 2. The number of halogens is 2. The molecule has 0 spiro atoms. The highest BCUT2D eigenvalue weighted by atomic mass is 19.1. The SMILES string of the molecule is COCCOc1cc(F)c2c(c1)CC1CC(CC(N)C1OC)c1ccncc1NC(=O)c1ccc(F)c-2n1. The molecule has 10 heteroatoms. The molecule has 3 heterocycles. The van der Waals surface area contributed by atoms with Crippen LogP contribution in [0.5, 0.6) is 5.75 Å². The zero-order valence-electron chi connectivity index (χ0n) is 21.2. The van der Waals surface area contributed by atoms with Crippen LogP contribution in [0.25, 0.3) is 11.3 Å². The third-order valence-corrected chi connectivity index (χ3v) is 7.34. The summed E-state index contributed by atoms with van der Waals surface area (Å²) in [6, 6.07) is 6.86. The van der Waals surface area contributed by atoms with E-state index in [0.29, 0.717) is 42.9 Å². The first-order valence-corrected chi connectivity index (χ1v) is 12.5. The van der Waals surface area contributed by atoms with Crippen molar-refractivity contribution in [1.29, 1.82) is 0 Å². The minimum absolute atomic E-state index is 0.0114. The number of rotatable bonds is 5. The molecule has 8 nitrogen and oxygen atoms in total. The minimum Gasteiger partial charge on any atom is -0.491 e. The monoisotopic (exact) mass is 524 g/mol. The van der Waals surface area contributed by atoms with Crippen molar-refractivity contribution in [2.24, 2.45) is 11.7 Å². The number of aromatic nitrogens is 2. The highest BCUT2D eigenvalue weighted by molar-refractivity contribution is 6.03. The molecule has 1 aliphatic heterocycles. The number of fused-ring (bicyclic) bond motifs is 8. The number of pyridine rings is 2. The number of amides is 1. The Kier molecular flexibility index (Phi) is 7.64. The lowest BCUT2D eigenvalue weighted by atomic mass is 9.71. The molecule has 1 amide bonds. The van der Waals surface area contributed by atoms with Gasteiger partial charge in [0, 0.05) is 38.1 Å². The summed E-state index contributed by atoms with van der Waals surface area (Å²) in [5, 5.41) is 2.86. The van der Waals surface area contributed by atoms with E-state index in [4.69, 9.17) is 19.9 Å². The molecule has 0 saturated heterocycles. The van der Waals surface area contributed by atoms with E-state index in [1.807, 2.05) is 6.07 Å². The van der Waals surface area contributed by atoms with Gasteiger partial charge >= 0.3 is 0 Å². The van der Waals surface area contributed by atoms with Crippen LogP contribution < -0.4 is 15.8 Å². The van der Waals surface area contributed by atoms with Gasteiger partial charge in [-0.2, -0.15) is 0 Å². The molecule has 4 bridgehead atoms. The van der Waals surface area contributed by atoms with Gasteiger partial charge in [0.2, 0.25) is 0 Å². The zero-order chi connectivity index (χ0) is 26.8. The number of carbonyl (C=O) groups excluding carboxylic acids is 1. The second-order valence-corrected chi connectivity index (χ2v) is 9.72. The van der Waals surface area contributed by atoms with Crippen molar-refractivity contribution in [2.75, 3.05) is 32.8 Å². The molecule has 1 fully saturated rings. The van der Waals surface area contributed by atoms with Gasteiger partial charge in [-0.25, -0.2) is 13.8 Å². The molecule has 4 atom stereocenters. The fraction of sp³-hybridized carbons (Fsp3) is 0.393. The van der Waals surface area contributed by atoms with E-state index >= 15 is 8.78 Å². The molecule has 38 heavy (non-hydrogen) atoms. The number of anilines is 1. The highest BCUT2D eigenvalue weighted by Crippen LogP contribution is 2.43. The maximum atomic E-state index is 15.7. The lowest BCUT2D eigenvalue weighted by Gasteiger charge is -2.40. The van der Waals surface area contributed by atoms with Crippen LogP contribution in [0.15, 0.2) is 42.7 Å². The van der Waals surface area contributed by atoms with Gasteiger partial charge in [0.05, 0.1) is 24.6 Å². The van der Waals surface area contributed by atoms with Crippen LogP contribution in [0.4, 0.5) is 14.5 Å². The van der Waals surface area contributed by atoms with Crippen molar-refractivity contribution in [3.8, 4) is 17.0 Å². The summed E-state index contributed by atoms with van der Waals surface area (Å²) >= 11 is 0. The van der Waals surface area contributed by atoms with Gasteiger partial charge in [-0.15, -0.1) is 0 Å². The lowest BCUT2D eigenvalue weighted by molar-refractivity contribution is 0.00302. The Morgan fingerprint density at radius 2 is 1.95 bits per heavy atom. The van der Waals surface area contributed by atoms with Crippen LogP contribution in [0.2, 0.25) is 0 Å². The molecule has 200 valence electrons. The summed E-state index contributed by atoms with van der Waals surface area (Å²) in [6.45, 7) is 0.546. The summed E-state index contributed by atoms with van der Waals surface area (Å²) in [7, 11) is 3.16. The maximum Gasteiger partial charge on any atom is 0.274 e. The number of hydrogen-bond donors (Lipinski definition) is 2. The Labute approximate surface area is 219 Å². The topological polar surface area (TPSA) is 109 Å². The summed E-state index contributed by atoms with van der Waals surface area (Å²) in [5.74, 6) is -1.85. The Balaban J connectivity index is 1.70. The number of nitrogens with two attached hydrogens (primary N) is 1. The average Bonchev–Trinajstić information content (AvgIpc) is 2.89. The normalized spacial score (nSPS) is 22.7. The molecular formula is C28H30F2N4O4. The third-order valence-electron chi connectivity index (χ3n) is 7.34. The standard InChI is InChI=1S/C28H30F2N4O4/c1-36-7-8-38-18-11-16-10-17-9-15(12-22(31)27(17)37-2)19-5-6-32-14-24(19)34-28(35)23-4-3-20(29)26(33-23)25(16)21(30)13-18/h3-6,11,13-15,17,22,27H,7-10,12,31H2,1-2H3,(H,34,35). The Morgan fingerprint density at radius 3 is 2.74 bits per heavy atom. The molecule has 0 radical (unpaired) electrons. The number of ether oxygens (including phenoxy) is 3. The zero-order valence-corrected chi connectivity index (χ0v) is 21.2. The molecule has 3 N–H and O–H groups in total. The first-order valence-electron chi connectivity index (χ1n) is 12.5. The number of benzene rings is 1. The summed E-state index contributed by atoms with van der Waals surface area (Å²) < 4.78 is 47.5. The number of hydrogen-bond acceptors (Lipinski definition) is 7. The maximum absolute atomic E-state index is 15.7. The van der Waals surface area contributed by atoms with Crippen molar-refractivity contribution >= 4 is 11.6 Å². The van der Waals surface area contributed by atoms with E-state index in [1.54, 1.807) is 32.7 Å². The van der Waals surface area contributed by atoms with Crippen LogP contribution in [-0.2, 0) is 15.9 Å². The smallest absolute Gasteiger partial charge is 0.274 e. The molecule has 1 aromatic carbocycles. The fourth-order valence-electron chi connectivity index (χ4n) is 5.70. The van der Waals surface area contributed by atoms with Gasteiger partial charge in [0.1, 0.15) is 35.4 Å². The summed E-state index contributed by atoms with van der Waals surface area (Å²) in [6.07, 6.45) is 4.57. The van der Waals surface area contributed by atoms with E-state index in [9.17, 15) is 4.79 Å². The quantitative estimate of drug-likeness (QED) is 0.484. The second kappa shape index (κ2) is 11.1. The molecular weight excluding hydrogens is 494 g/mol. The van der Waals surface area contributed by atoms with Gasteiger partial charge in [-0.05, 0) is 66.5 Å². The largest absolute Gasteiger partial charge is 0.491 e. The number of carbonyl (C=O) groups is 1. The second-order valence-electron chi connectivity index (χ2n) is 9.72. The molecule has 3 aromatic rings. The van der Waals surface area contributed by atoms with E-state index < -0.39 is 17.5 Å². The minimum atomic E-state index is -0.742. The molecule has 4 unspecified atom stereocenters. The van der Waals surface area contributed by atoms with Crippen LogP contribution in [0.1, 0.15) is 40.4 Å². The van der Waals surface area contributed by atoms with Gasteiger partial charge in [0.25, 0.3) is 5.91 Å². The highest BCUT2D eigenvalue weighted by Gasteiger charge is 2.38. The number of nitrogens with one attached hydrogen (secondary N) is 1. The molecule has 2 aromatic heterocycles. The Bertz CT molecular complexity index is 1340. The van der Waals surface area contributed by atoms with Gasteiger partial charge in [-0.1, -0.05) is 0 Å². The average molecular weight is 525 g/mol.